The minimum atomic E-state index is -3.83. The SMILES string of the molecule is CCCCCc1nc(C)c2c(=O)[nH]c(-c3cc(S(=O)(=O)N4CCC(O)C4)ccc3OCC)nn12. The van der Waals surface area contributed by atoms with Gasteiger partial charge in [0, 0.05) is 19.5 Å². The molecule has 3 heterocycles. The molecule has 0 radical (unpaired) electrons. The molecule has 1 atom stereocenters. The zero-order valence-electron chi connectivity index (χ0n) is 19.7. The van der Waals surface area contributed by atoms with Gasteiger partial charge in [-0.1, -0.05) is 19.8 Å². The molecule has 0 spiro atoms. The quantitative estimate of drug-likeness (QED) is 0.441. The average Bonchev–Trinajstić information content (AvgIpc) is 3.38. The van der Waals surface area contributed by atoms with E-state index in [-0.39, 0.29) is 29.4 Å². The number of aryl methyl sites for hydroxylation is 2. The van der Waals surface area contributed by atoms with Crippen molar-refractivity contribution in [1.82, 2.24) is 23.9 Å². The molecule has 1 fully saturated rings. The van der Waals surface area contributed by atoms with E-state index >= 15 is 0 Å². The predicted octanol–water partition coefficient (Wildman–Crippen LogP) is 2.28. The van der Waals surface area contributed by atoms with Crippen LogP contribution in [0, 0.1) is 6.92 Å². The fraction of sp³-hybridized carbons (Fsp3) is 0.522. The van der Waals surface area contributed by atoms with Crippen molar-refractivity contribution < 1.29 is 18.3 Å². The summed E-state index contributed by atoms with van der Waals surface area (Å²) >= 11 is 0. The molecule has 0 bridgehead atoms. The second-order valence-electron chi connectivity index (χ2n) is 8.53. The monoisotopic (exact) mass is 489 g/mol. The molecule has 1 aliphatic rings. The number of aromatic amines is 1. The number of nitrogens with zero attached hydrogens (tertiary/aromatic N) is 4. The van der Waals surface area contributed by atoms with E-state index in [4.69, 9.17) is 4.74 Å². The Kier molecular flexibility index (Phi) is 7.06. The Bertz CT molecular complexity index is 1350. The number of fused-ring (bicyclic) bond motifs is 1. The highest BCUT2D eigenvalue weighted by Gasteiger charge is 2.32. The molecule has 0 saturated carbocycles. The van der Waals surface area contributed by atoms with Gasteiger partial charge in [-0.2, -0.15) is 4.31 Å². The van der Waals surface area contributed by atoms with Gasteiger partial charge in [-0.05, 0) is 44.9 Å². The Labute approximate surface area is 198 Å². The highest BCUT2D eigenvalue weighted by atomic mass is 32.2. The number of ether oxygens (including phenoxy) is 1. The molecule has 10 nitrogen and oxygen atoms in total. The van der Waals surface area contributed by atoms with Crippen molar-refractivity contribution >= 4 is 15.5 Å². The second-order valence-corrected chi connectivity index (χ2v) is 10.5. The normalized spacial score (nSPS) is 17.0. The van der Waals surface area contributed by atoms with Crippen molar-refractivity contribution in [2.75, 3.05) is 19.7 Å². The molecule has 2 N–H and O–H groups in total. The van der Waals surface area contributed by atoms with Crippen molar-refractivity contribution in [3.63, 3.8) is 0 Å². The summed E-state index contributed by atoms with van der Waals surface area (Å²) in [6.07, 6.45) is 3.45. The summed E-state index contributed by atoms with van der Waals surface area (Å²) in [4.78, 5) is 20.4. The number of rotatable bonds is 9. The molecule has 1 aromatic carbocycles. The van der Waals surface area contributed by atoms with Gasteiger partial charge >= 0.3 is 0 Å². The number of aliphatic hydroxyl groups is 1. The number of hydrogen-bond donors (Lipinski definition) is 2. The van der Waals surface area contributed by atoms with E-state index < -0.39 is 16.1 Å². The topological polar surface area (TPSA) is 130 Å². The third kappa shape index (κ3) is 4.59. The van der Waals surface area contributed by atoms with Gasteiger partial charge in [0.25, 0.3) is 5.56 Å². The number of imidazole rings is 1. The Morgan fingerprint density at radius 3 is 2.74 bits per heavy atom. The van der Waals surface area contributed by atoms with Crippen LogP contribution in [0.15, 0.2) is 27.9 Å². The van der Waals surface area contributed by atoms with Crippen LogP contribution in [-0.4, -0.2) is 63.2 Å². The lowest BCUT2D eigenvalue weighted by atomic mass is 10.2. The Morgan fingerprint density at radius 2 is 2.06 bits per heavy atom. The molecule has 184 valence electrons. The van der Waals surface area contributed by atoms with Gasteiger partial charge in [0.2, 0.25) is 10.0 Å². The lowest BCUT2D eigenvalue weighted by Gasteiger charge is -2.17. The Hall–Kier alpha value is -2.76. The number of aromatic nitrogens is 4. The van der Waals surface area contributed by atoms with Gasteiger partial charge in [-0.25, -0.2) is 17.9 Å². The third-order valence-corrected chi connectivity index (χ3v) is 7.88. The van der Waals surface area contributed by atoms with Gasteiger partial charge in [-0.15, -0.1) is 5.10 Å². The van der Waals surface area contributed by atoms with Crippen molar-refractivity contribution in [2.24, 2.45) is 0 Å². The maximum Gasteiger partial charge on any atom is 0.277 e. The van der Waals surface area contributed by atoms with E-state index in [2.05, 4.69) is 22.0 Å². The summed E-state index contributed by atoms with van der Waals surface area (Å²) < 4.78 is 34.9. The number of sulfonamides is 1. The molecule has 4 rings (SSSR count). The fourth-order valence-corrected chi connectivity index (χ4v) is 5.79. The summed E-state index contributed by atoms with van der Waals surface area (Å²) in [6, 6.07) is 4.52. The Balaban J connectivity index is 1.83. The number of hydrogen-bond acceptors (Lipinski definition) is 7. The smallest absolute Gasteiger partial charge is 0.277 e. The van der Waals surface area contributed by atoms with E-state index in [0.717, 1.165) is 19.3 Å². The maximum absolute atomic E-state index is 13.2. The summed E-state index contributed by atoms with van der Waals surface area (Å²) in [5.41, 5.74) is 0.992. The predicted molar refractivity (Wildman–Crippen MR) is 128 cm³/mol. The average molecular weight is 490 g/mol. The van der Waals surface area contributed by atoms with Crippen molar-refractivity contribution in [1.29, 1.82) is 0 Å². The van der Waals surface area contributed by atoms with Crippen LogP contribution < -0.4 is 10.3 Å². The van der Waals surface area contributed by atoms with Crippen LogP contribution in [0.1, 0.15) is 51.0 Å². The first-order valence-electron chi connectivity index (χ1n) is 11.7. The van der Waals surface area contributed by atoms with Crippen LogP contribution in [0.5, 0.6) is 5.75 Å². The van der Waals surface area contributed by atoms with Gasteiger partial charge in [-0.3, -0.25) is 4.79 Å². The molecule has 1 saturated heterocycles. The summed E-state index contributed by atoms with van der Waals surface area (Å²) in [5, 5.41) is 14.5. The molecule has 1 aliphatic heterocycles. The van der Waals surface area contributed by atoms with Crippen LogP contribution in [0.25, 0.3) is 16.9 Å². The first-order valence-corrected chi connectivity index (χ1v) is 13.1. The standard InChI is InChI=1S/C23H31N5O5S/c1-4-6-7-8-20-24-15(3)21-23(30)25-22(26-28(20)21)18-13-17(9-10-19(18)33-5-2)34(31,32)27-12-11-16(29)14-27/h9-10,13,16,29H,4-8,11-12,14H2,1-3H3,(H,25,26,30). The molecule has 34 heavy (non-hydrogen) atoms. The zero-order valence-corrected chi connectivity index (χ0v) is 20.6. The number of nitrogens with one attached hydrogen (secondary N) is 1. The van der Waals surface area contributed by atoms with Crippen LogP contribution in [0.4, 0.5) is 0 Å². The molecule has 11 heteroatoms. The van der Waals surface area contributed by atoms with Crippen molar-refractivity contribution in [3.05, 3.63) is 40.1 Å². The van der Waals surface area contributed by atoms with Gasteiger partial charge in [0.1, 0.15) is 11.6 Å². The minimum Gasteiger partial charge on any atom is -0.493 e. The molecule has 3 aromatic rings. The minimum absolute atomic E-state index is 0.0489. The molecular formula is C23H31N5O5S. The summed E-state index contributed by atoms with van der Waals surface area (Å²) in [7, 11) is -3.83. The number of H-pyrrole nitrogens is 1. The second kappa shape index (κ2) is 9.85. The molecule has 1 unspecified atom stereocenters. The molecule has 2 aromatic heterocycles. The number of benzene rings is 1. The van der Waals surface area contributed by atoms with Gasteiger partial charge in [0.05, 0.1) is 28.9 Å². The summed E-state index contributed by atoms with van der Waals surface area (Å²) in [6.45, 7) is 6.39. The third-order valence-electron chi connectivity index (χ3n) is 6.02. The number of aliphatic hydroxyl groups excluding tert-OH is 1. The first-order chi connectivity index (χ1) is 16.3. The lowest BCUT2D eigenvalue weighted by molar-refractivity contribution is 0.189. The van der Waals surface area contributed by atoms with E-state index in [9.17, 15) is 18.3 Å². The largest absolute Gasteiger partial charge is 0.493 e. The fourth-order valence-electron chi connectivity index (χ4n) is 4.27. The molecule has 0 amide bonds. The maximum atomic E-state index is 13.2. The van der Waals surface area contributed by atoms with Crippen LogP contribution in [0.2, 0.25) is 0 Å². The molecular weight excluding hydrogens is 458 g/mol. The van der Waals surface area contributed by atoms with E-state index in [1.54, 1.807) is 17.5 Å². The van der Waals surface area contributed by atoms with Crippen molar-refractivity contribution in [2.45, 2.75) is 63.9 Å². The number of unbranched alkanes of at least 4 members (excludes halogenated alkanes) is 2. The number of β-amino-alcohol motifs (C(OH)–C–C–N with tert-alkyl or cyclic N) is 1. The van der Waals surface area contributed by atoms with Crippen molar-refractivity contribution in [3.8, 4) is 17.1 Å². The molecule has 0 aliphatic carbocycles. The highest BCUT2D eigenvalue weighted by molar-refractivity contribution is 7.89. The van der Waals surface area contributed by atoms with E-state index in [1.807, 2.05) is 6.92 Å². The van der Waals surface area contributed by atoms with E-state index in [0.29, 0.717) is 47.8 Å². The van der Waals surface area contributed by atoms with Gasteiger partial charge < -0.3 is 14.8 Å². The Morgan fingerprint density at radius 1 is 1.26 bits per heavy atom. The zero-order chi connectivity index (χ0) is 24.5. The lowest BCUT2D eigenvalue weighted by Crippen LogP contribution is -2.29. The van der Waals surface area contributed by atoms with Crippen LogP contribution in [0.3, 0.4) is 0 Å². The van der Waals surface area contributed by atoms with E-state index in [1.165, 1.54) is 16.4 Å². The van der Waals surface area contributed by atoms with Gasteiger partial charge in [0.15, 0.2) is 11.3 Å². The first kappa shape index (κ1) is 24.4. The summed E-state index contributed by atoms with van der Waals surface area (Å²) in [5.74, 6) is 1.31. The van der Waals surface area contributed by atoms with Crippen LogP contribution >= 0.6 is 0 Å². The van der Waals surface area contributed by atoms with Crippen LogP contribution in [-0.2, 0) is 16.4 Å². The highest BCUT2D eigenvalue weighted by Crippen LogP contribution is 2.32.